The Morgan fingerprint density at radius 1 is 1.11 bits per heavy atom. The number of allylic oxidation sites excluding steroid dienone is 4. The highest BCUT2D eigenvalue weighted by atomic mass is 16.1. The quantitative estimate of drug-likeness (QED) is 0.722. The molecule has 0 amide bonds. The number of hydrogen-bond donors (Lipinski definition) is 0. The lowest BCUT2D eigenvalue weighted by Gasteiger charge is -2.20. The van der Waals surface area contributed by atoms with Crippen molar-refractivity contribution in [1.29, 1.82) is 0 Å². The molecule has 1 saturated carbocycles. The highest BCUT2D eigenvalue weighted by Gasteiger charge is 2.35. The minimum Gasteiger partial charge on any atom is -0.294 e. The lowest BCUT2D eigenvalue weighted by molar-refractivity contribution is 0.0901. The van der Waals surface area contributed by atoms with Crippen LogP contribution in [-0.4, -0.2) is 5.78 Å². The van der Waals surface area contributed by atoms with Crippen LogP contribution in [-0.2, 0) is 0 Å². The van der Waals surface area contributed by atoms with Crippen molar-refractivity contribution >= 4 is 5.78 Å². The Kier molecular flexibility index (Phi) is 3.14. The highest BCUT2D eigenvalue weighted by Crippen LogP contribution is 2.41. The Bertz CT molecular complexity index is 496. The molecular formula is C17H18O. The Balaban J connectivity index is 1.81. The molecule has 2 aliphatic carbocycles. The van der Waals surface area contributed by atoms with Crippen molar-refractivity contribution in [3.8, 4) is 0 Å². The fourth-order valence-electron chi connectivity index (χ4n) is 3.27. The van der Waals surface area contributed by atoms with Gasteiger partial charge in [0.05, 0.1) is 0 Å². The molecule has 0 heterocycles. The molecule has 18 heavy (non-hydrogen) atoms. The zero-order valence-corrected chi connectivity index (χ0v) is 10.5. The number of rotatable bonds is 3. The molecule has 0 aliphatic heterocycles. The van der Waals surface area contributed by atoms with E-state index < -0.39 is 0 Å². The SMILES string of the molecule is O=C(c1ccccc1)C1CCCC1C1=CC=CC1. The average Bonchev–Trinajstić information content (AvgIpc) is 3.09. The minimum atomic E-state index is 0.207. The first-order valence-electron chi connectivity index (χ1n) is 6.81. The van der Waals surface area contributed by atoms with E-state index >= 15 is 0 Å². The van der Waals surface area contributed by atoms with Gasteiger partial charge in [-0.15, -0.1) is 0 Å². The Labute approximate surface area is 108 Å². The predicted molar refractivity (Wildman–Crippen MR) is 73.4 cm³/mol. The van der Waals surface area contributed by atoms with Gasteiger partial charge in [-0.3, -0.25) is 4.79 Å². The second kappa shape index (κ2) is 4.93. The molecule has 2 unspecified atom stereocenters. The van der Waals surface area contributed by atoms with Crippen LogP contribution < -0.4 is 0 Å². The summed E-state index contributed by atoms with van der Waals surface area (Å²) >= 11 is 0. The van der Waals surface area contributed by atoms with Gasteiger partial charge >= 0.3 is 0 Å². The van der Waals surface area contributed by atoms with E-state index in [2.05, 4.69) is 18.2 Å². The molecule has 1 fully saturated rings. The molecule has 0 saturated heterocycles. The average molecular weight is 238 g/mol. The molecule has 0 N–H and O–H groups in total. The van der Waals surface area contributed by atoms with Crippen LogP contribution in [0.25, 0.3) is 0 Å². The smallest absolute Gasteiger partial charge is 0.166 e. The molecule has 0 aromatic heterocycles. The van der Waals surface area contributed by atoms with Gasteiger partial charge in [-0.1, -0.05) is 60.6 Å². The van der Waals surface area contributed by atoms with Crippen LogP contribution in [0, 0.1) is 11.8 Å². The minimum absolute atomic E-state index is 0.207. The van der Waals surface area contributed by atoms with Gasteiger partial charge in [-0.2, -0.15) is 0 Å². The van der Waals surface area contributed by atoms with E-state index in [1.54, 1.807) is 0 Å². The monoisotopic (exact) mass is 238 g/mol. The van der Waals surface area contributed by atoms with Crippen molar-refractivity contribution in [3.63, 3.8) is 0 Å². The van der Waals surface area contributed by atoms with Crippen molar-refractivity contribution < 1.29 is 4.79 Å². The van der Waals surface area contributed by atoms with Crippen LogP contribution in [0.1, 0.15) is 36.0 Å². The van der Waals surface area contributed by atoms with E-state index in [9.17, 15) is 4.79 Å². The van der Waals surface area contributed by atoms with Crippen LogP contribution >= 0.6 is 0 Å². The Morgan fingerprint density at radius 2 is 1.94 bits per heavy atom. The molecule has 1 aromatic carbocycles. The third kappa shape index (κ3) is 2.05. The molecule has 3 rings (SSSR count). The largest absolute Gasteiger partial charge is 0.294 e. The number of carbonyl (C=O) groups excluding carboxylic acids is 1. The van der Waals surface area contributed by atoms with Crippen LogP contribution in [0.15, 0.2) is 54.1 Å². The van der Waals surface area contributed by atoms with E-state index in [-0.39, 0.29) is 5.92 Å². The van der Waals surface area contributed by atoms with Gasteiger partial charge in [-0.05, 0) is 25.2 Å². The van der Waals surface area contributed by atoms with Crippen LogP contribution in [0.5, 0.6) is 0 Å². The third-order valence-corrected chi connectivity index (χ3v) is 4.19. The van der Waals surface area contributed by atoms with Gasteiger partial charge < -0.3 is 0 Å². The number of hydrogen-bond acceptors (Lipinski definition) is 1. The van der Waals surface area contributed by atoms with Crippen molar-refractivity contribution in [2.75, 3.05) is 0 Å². The zero-order valence-electron chi connectivity index (χ0n) is 10.5. The maximum atomic E-state index is 12.6. The molecule has 0 bridgehead atoms. The molecule has 1 nitrogen and oxygen atoms in total. The third-order valence-electron chi connectivity index (χ3n) is 4.19. The molecule has 92 valence electrons. The summed E-state index contributed by atoms with van der Waals surface area (Å²) in [5, 5.41) is 0. The van der Waals surface area contributed by atoms with E-state index in [1.807, 2.05) is 30.3 Å². The van der Waals surface area contributed by atoms with Crippen molar-refractivity contribution in [2.45, 2.75) is 25.7 Å². The first-order valence-corrected chi connectivity index (χ1v) is 6.81. The summed E-state index contributed by atoms with van der Waals surface area (Å²) in [4.78, 5) is 12.6. The van der Waals surface area contributed by atoms with Gasteiger partial charge in [0.1, 0.15) is 0 Å². The fourth-order valence-corrected chi connectivity index (χ4v) is 3.27. The summed E-state index contributed by atoms with van der Waals surface area (Å²) in [7, 11) is 0. The molecular weight excluding hydrogens is 220 g/mol. The van der Waals surface area contributed by atoms with E-state index in [4.69, 9.17) is 0 Å². The van der Waals surface area contributed by atoms with Gasteiger partial charge in [0.25, 0.3) is 0 Å². The maximum Gasteiger partial charge on any atom is 0.166 e. The topological polar surface area (TPSA) is 17.1 Å². The molecule has 0 radical (unpaired) electrons. The number of ketones is 1. The lowest BCUT2D eigenvalue weighted by Crippen LogP contribution is -2.20. The second-order valence-electron chi connectivity index (χ2n) is 5.25. The second-order valence-corrected chi connectivity index (χ2v) is 5.25. The van der Waals surface area contributed by atoms with Gasteiger partial charge in [-0.25, -0.2) is 0 Å². The number of carbonyl (C=O) groups is 1. The summed E-state index contributed by atoms with van der Waals surface area (Å²) in [6, 6.07) is 9.76. The van der Waals surface area contributed by atoms with E-state index in [1.165, 1.54) is 18.4 Å². The number of benzene rings is 1. The van der Waals surface area contributed by atoms with E-state index in [0.29, 0.717) is 11.7 Å². The van der Waals surface area contributed by atoms with Crippen molar-refractivity contribution in [2.24, 2.45) is 11.8 Å². The fraction of sp³-hybridized carbons (Fsp3) is 0.353. The Morgan fingerprint density at radius 3 is 2.67 bits per heavy atom. The van der Waals surface area contributed by atoms with Crippen LogP contribution in [0.2, 0.25) is 0 Å². The van der Waals surface area contributed by atoms with Crippen LogP contribution in [0.3, 0.4) is 0 Å². The first-order chi connectivity index (χ1) is 8.86. The molecule has 1 aromatic rings. The number of Topliss-reactive ketones (excluding diaryl/α,β-unsaturated/α-hetero) is 1. The summed E-state index contributed by atoms with van der Waals surface area (Å²) < 4.78 is 0. The normalized spacial score (nSPS) is 26.3. The lowest BCUT2D eigenvalue weighted by atomic mass is 9.83. The van der Waals surface area contributed by atoms with E-state index in [0.717, 1.165) is 18.4 Å². The summed E-state index contributed by atoms with van der Waals surface area (Å²) in [6.07, 6.45) is 11.0. The Hall–Kier alpha value is -1.63. The maximum absolute atomic E-state index is 12.6. The van der Waals surface area contributed by atoms with Crippen molar-refractivity contribution in [3.05, 3.63) is 59.7 Å². The van der Waals surface area contributed by atoms with Crippen LogP contribution in [0.4, 0.5) is 0 Å². The van der Waals surface area contributed by atoms with Gasteiger partial charge in [0.15, 0.2) is 5.78 Å². The zero-order chi connectivity index (χ0) is 12.4. The van der Waals surface area contributed by atoms with Gasteiger partial charge in [0, 0.05) is 11.5 Å². The molecule has 2 aliphatic rings. The first kappa shape index (κ1) is 11.5. The van der Waals surface area contributed by atoms with Crippen molar-refractivity contribution in [1.82, 2.24) is 0 Å². The summed E-state index contributed by atoms with van der Waals surface area (Å²) in [5.74, 6) is 1.03. The van der Waals surface area contributed by atoms with Gasteiger partial charge in [0.2, 0.25) is 0 Å². The standard InChI is InChI=1S/C17H18O/c18-17(14-9-2-1-3-10-14)16-12-6-11-15(16)13-7-4-5-8-13/h1-5,7,9-10,15-16H,6,8,11-12H2. The summed E-state index contributed by atoms with van der Waals surface area (Å²) in [6.45, 7) is 0. The predicted octanol–water partition coefficient (Wildman–Crippen LogP) is 4.17. The molecule has 2 atom stereocenters. The summed E-state index contributed by atoms with van der Waals surface area (Å²) in [5.41, 5.74) is 2.34. The molecule has 0 spiro atoms. The highest BCUT2D eigenvalue weighted by molar-refractivity contribution is 5.98. The molecule has 1 heteroatoms.